The summed E-state index contributed by atoms with van der Waals surface area (Å²) in [4.78, 5) is 12.2. The maximum absolute atomic E-state index is 12.1. The maximum Gasteiger partial charge on any atom is 0.233 e. The lowest BCUT2D eigenvalue weighted by atomic mass is 10.1. The van der Waals surface area contributed by atoms with Gasteiger partial charge in [-0.2, -0.15) is 0 Å². The second-order valence-electron chi connectivity index (χ2n) is 4.97. The molecule has 1 aromatic rings. The second-order valence-corrected chi connectivity index (χ2v) is 7.31. The predicted molar refractivity (Wildman–Crippen MR) is 77.7 cm³/mol. The fourth-order valence-corrected chi connectivity index (χ4v) is 2.92. The molecule has 0 aliphatic rings. The third-order valence-electron chi connectivity index (χ3n) is 2.00. The molecule has 3 N–H and O–H groups in total. The molecule has 0 spiro atoms. The molecule has 1 aromatic carbocycles. The van der Waals surface area contributed by atoms with Crippen molar-refractivity contribution in [1.82, 2.24) is 5.32 Å². The number of nitrogens with two attached hydrogens (primary N) is 1. The molecular weight excluding hydrogens is 316 g/mol. The first-order valence-electron chi connectivity index (χ1n) is 5.43. The lowest BCUT2D eigenvalue weighted by Crippen LogP contribution is -2.42. The summed E-state index contributed by atoms with van der Waals surface area (Å²) in [6.45, 7) is 5.63. The molecule has 0 aliphatic heterocycles. The Labute approximate surface area is 118 Å². The van der Waals surface area contributed by atoms with Crippen molar-refractivity contribution in [3.63, 3.8) is 0 Å². The first-order valence-corrected chi connectivity index (χ1v) is 7.54. The number of carbonyl (C=O) groups excluding carboxylic acids is 1. The van der Waals surface area contributed by atoms with Gasteiger partial charge in [-0.25, -0.2) is 0 Å². The molecule has 1 amide bonds. The van der Waals surface area contributed by atoms with E-state index in [2.05, 4.69) is 21.2 Å². The zero-order valence-corrected chi connectivity index (χ0v) is 13.0. The van der Waals surface area contributed by atoms with Gasteiger partial charge in [0.1, 0.15) is 5.75 Å². The quantitative estimate of drug-likeness (QED) is 0.832. The summed E-state index contributed by atoms with van der Waals surface area (Å²) in [7, 11) is -1.44. The van der Waals surface area contributed by atoms with Crippen molar-refractivity contribution in [3.8, 4) is 0 Å². The highest BCUT2D eigenvalue weighted by Crippen LogP contribution is 2.21. The van der Waals surface area contributed by atoms with Crippen LogP contribution in [0.5, 0.6) is 0 Å². The molecule has 0 radical (unpaired) electrons. The molecule has 1 atom stereocenters. The molecule has 0 aliphatic carbocycles. The maximum atomic E-state index is 12.1. The number of halogens is 1. The van der Waals surface area contributed by atoms with Crippen LogP contribution in [-0.4, -0.2) is 21.4 Å². The van der Waals surface area contributed by atoms with Gasteiger partial charge in [-0.3, -0.25) is 9.00 Å². The second kappa shape index (κ2) is 5.84. The van der Waals surface area contributed by atoms with Gasteiger partial charge in [0.25, 0.3) is 0 Å². The highest BCUT2D eigenvalue weighted by atomic mass is 79.9. The van der Waals surface area contributed by atoms with Gasteiger partial charge in [0.05, 0.1) is 15.7 Å². The normalized spacial score (nSPS) is 13.1. The van der Waals surface area contributed by atoms with Gasteiger partial charge < -0.3 is 11.1 Å². The first kappa shape index (κ1) is 15.2. The molecule has 6 heteroatoms. The van der Waals surface area contributed by atoms with Gasteiger partial charge in [-0.05, 0) is 39.0 Å². The molecule has 1 unspecified atom stereocenters. The summed E-state index contributed by atoms with van der Waals surface area (Å²) in [6, 6.07) is 5.11. The van der Waals surface area contributed by atoms with Crippen LogP contribution in [0.4, 0.5) is 5.69 Å². The minimum atomic E-state index is -1.44. The number of benzene rings is 1. The Morgan fingerprint density at radius 2 is 2.06 bits per heavy atom. The molecule has 100 valence electrons. The van der Waals surface area contributed by atoms with Crippen LogP contribution in [-0.2, 0) is 15.6 Å². The monoisotopic (exact) mass is 332 g/mol. The van der Waals surface area contributed by atoms with Crippen LogP contribution in [0.15, 0.2) is 27.6 Å². The van der Waals surface area contributed by atoms with Crippen LogP contribution in [0.1, 0.15) is 20.8 Å². The number of rotatable bonds is 3. The Morgan fingerprint density at radius 1 is 1.44 bits per heavy atom. The van der Waals surface area contributed by atoms with E-state index in [9.17, 15) is 9.00 Å². The van der Waals surface area contributed by atoms with Crippen molar-refractivity contribution in [2.24, 2.45) is 0 Å². The number of nitrogens with one attached hydrogen (secondary N) is 1. The third-order valence-corrected chi connectivity index (χ3v) is 3.86. The van der Waals surface area contributed by atoms with Crippen LogP contribution < -0.4 is 11.1 Å². The Hall–Kier alpha value is -0.880. The van der Waals surface area contributed by atoms with E-state index >= 15 is 0 Å². The van der Waals surface area contributed by atoms with Crippen LogP contribution in [0.3, 0.4) is 0 Å². The van der Waals surface area contributed by atoms with Crippen molar-refractivity contribution in [2.45, 2.75) is 31.2 Å². The number of nitrogen functional groups attached to an aromatic ring is 1. The molecule has 1 rings (SSSR count). The number of hydrogen-bond acceptors (Lipinski definition) is 3. The van der Waals surface area contributed by atoms with E-state index in [1.165, 1.54) is 0 Å². The van der Waals surface area contributed by atoms with Gasteiger partial charge in [-0.1, -0.05) is 15.9 Å². The molecule has 18 heavy (non-hydrogen) atoms. The van der Waals surface area contributed by atoms with E-state index in [-0.39, 0.29) is 17.2 Å². The Balaban J connectivity index is 2.77. The first-order chi connectivity index (χ1) is 8.19. The molecule has 4 nitrogen and oxygen atoms in total. The highest BCUT2D eigenvalue weighted by molar-refractivity contribution is 9.10. The van der Waals surface area contributed by atoms with E-state index in [0.29, 0.717) is 10.6 Å². The van der Waals surface area contributed by atoms with Crippen molar-refractivity contribution in [1.29, 1.82) is 0 Å². The molecule has 0 saturated carbocycles. The van der Waals surface area contributed by atoms with Crippen molar-refractivity contribution in [3.05, 3.63) is 22.7 Å². The Kier molecular flexibility index (Phi) is 4.92. The van der Waals surface area contributed by atoms with E-state index in [1.54, 1.807) is 18.2 Å². The predicted octanol–water partition coefficient (Wildman–Crippen LogP) is 2.05. The summed E-state index contributed by atoms with van der Waals surface area (Å²) in [5.74, 6) is -0.335. The zero-order valence-electron chi connectivity index (χ0n) is 10.6. The molecule has 0 aromatic heterocycles. The van der Waals surface area contributed by atoms with Gasteiger partial charge in [0.2, 0.25) is 5.91 Å². The van der Waals surface area contributed by atoms with Gasteiger partial charge >= 0.3 is 0 Å². The van der Waals surface area contributed by atoms with E-state index in [4.69, 9.17) is 5.73 Å². The zero-order chi connectivity index (χ0) is 13.9. The SMILES string of the molecule is CC(C)(C)NC(=O)CS(=O)c1cc(Br)ccc1N. The number of anilines is 1. The van der Waals surface area contributed by atoms with Gasteiger partial charge in [0.15, 0.2) is 0 Å². The fraction of sp³-hybridized carbons (Fsp3) is 0.417. The van der Waals surface area contributed by atoms with Crippen LogP contribution in [0.2, 0.25) is 0 Å². The molecule has 0 heterocycles. The summed E-state index contributed by atoms with van der Waals surface area (Å²) >= 11 is 3.29. The van der Waals surface area contributed by atoms with Crippen molar-refractivity contribution < 1.29 is 9.00 Å². The van der Waals surface area contributed by atoms with E-state index in [1.807, 2.05) is 20.8 Å². The standard InChI is InChI=1S/C12H17BrN2O2S/c1-12(2,3)15-11(16)7-18(17)10-6-8(13)4-5-9(10)14/h4-6H,7,14H2,1-3H3,(H,15,16). The highest BCUT2D eigenvalue weighted by Gasteiger charge is 2.18. The van der Waals surface area contributed by atoms with Crippen LogP contribution in [0, 0.1) is 0 Å². The molecule has 0 bridgehead atoms. The van der Waals surface area contributed by atoms with Crippen LogP contribution in [0.25, 0.3) is 0 Å². The summed E-state index contributed by atoms with van der Waals surface area (Å²) < 4.78 is 12.9. The van der Waals surface area contributed by atoms with Crippen molar-refractivity contribution in [2.75, 3.05) is 11.5 Å². The molecular formula is C12H17BrN2O2S. The lowest BCUT2D eigenvalue weighted by Gasteiger charge is -2.20. The molecule has 0 fully saturated rings. The summed E-state index contributed by atoms with van der Waals surface area (Å²) in [6.07, 6.45) is 0. The average Bonchev–Trinajstić information content (AvgIpc) is 2.18. The van der Waals surface area contributed by atoms with Gasteiger partial charge in [0, 0.05) is 15.7 Å². The smallest absolute Gasteiger partial charge is 0.233 e. The summed E-state index contributed by atoms with van der Waals surface area (Å²) in [5, 5.41) is 2.77. The van der Waals surface area contributed by atoms with Crippen LogP contribution >= 0.6 is 15.9 Å². The minimum absolute atomic E-state index is 0.0854. The van der Waals surface area contributed by atoms with E-state index in [0.717, 1.165) is 4.47 Å². The van der Waals surface area contributed by atoms with Gasteiger partial charge in [-0.15, -0.1) is 0 Å². The third kappa shape index (κ3) is 4.78. The Morgan fingerprint density at radius 3 is 2.61 bits per heavy atom. The number of carbonyl (C=O) groups is 1. The van der Waals surface area contributed by atoms with Crippen molar-refractivity contribution >= 4 is 38.3 Å². The lowest BCUT2D eigenvalue weighted by molar-refractivity contribution is -0.119. The van der Waals surface area contributed by atoms with E-state index < -0.39 is 10.8 Å². The Bertz CT molecular complexity index is 483. The largest absolute Gasteiger partial charge is 0.398 e. The topological polar surface area (TPSA) is 72.2 Å². The minimum Gasteiger partial charge on any atom is -0.398 e. The fourth-order valence-electron chi connectivity index (χ4n) is 1.36. The number of hydrogen-bond donors (Lipinski definition) is 2. The number of amides is 1. The summed E-state index contributed by atoms with van der Waals surface area (Å²) in [5.41, 5.74) is 5.85. The molecule has 0 saturated heterocycles. The average molecular weight is 333 g/mol.